The third-order valence-electron chi connectivity index (χ3n) is 4.88. The van der Waals surface area contributed by atoms with Gasteiger partial charge < -0.3 is 15.0 Å². The average Bonchev–Trinajstić information content (AvgIpc) is 3.15. The Morgan fingerprint density at radius 1 is 1.16 bits per heavy atom. The Hall–Kier alpha value is -0.610. The lowest BCUT2D eigenvalue weighted by molar-refractivity contribution is -0.139. The molecule has 2 unspecified atom stereocenters. The highest BCUT2D eigenvalue weighted by Gasteiger charge is 2.34. The summed E-state index contributed by atoms with van der Waals surface area (Å²) < 4.78 is 5.75. The molecule has 3 rings (SSSR count). The molecule has 4 heteroatoms. The highest BCUT2D eigenvalue weighted by molar-refractivity contribution is 5.79. The number of carbonyl (C=O) groups excluding carboxylic acids is 1. The maximum atomic E-state index is 12.8. The molecule has 0 aromatic carbocycles. The van der Waals surface area contributed by atoms with Crippen LogP contribution in [0.15, 0.2) is 0 Å². The molecule has 3 fully saturated rings. The predicted molar refractivity (Wildman–Crippen MR) is 73.9 cm³/mol. The fourth-order valence-electron chi connectivity index (χ4n) is 3.74. The first kappa shape index (κ1) is 13.4. The number of amides is 1. The van der Waals surface area contributed by atoms with Crippen LogP contribution in [-0.2, 0) is 9.53 Å². The Morgan fingerprint density at radius 3 is 2.63 bits per heavy atom. The summed E-state index contributed by atoms with van der Waals surface area (Å²) in [7, 11) is 0. The van der Waals surface area contributed by atoms with Crippen molar-refractivity contribution in [1.29, 1.82) is 0 Å². The fraction of sp³-hybridized carbons (Fsp3) is 0.933. The molecule has 108 valence electrons. The molecule has 1 amide bonds. The van der Waals surface area contributed by atoms with Gasteiger partial charge in [-0.1, -0.05) is 12.8 Å². The highest BCUT2D eigenvalue weighted by Crippen LogP contribution is 2.27. The molecule has 4 nitrogen and oxygen atoms in total. The lowest BCUT2D eigenvalue weighted by Gasteiger charge is -2.33. The van der Waals surface area contributed by atoms with E-state index < -0.39 is 0 Å². The van der Waals surface area contributed by atoms with E-state index in [1.807, 2.05) is 0 Å². The summed E-state index contributed by atoms with van der Waals surface area (Å²) in [6.45, 7) is 3.57. The van der Waals surface area contributed by atoms with Gasteiger partial charge in [-0.25, -0.2) is 0 Å². The van der Waals surface area contributed by atoms with Crippen LogP contribution >= 0.6 is 0 Å². The lowest BCUT2D eigenvalue weighted by Crippen LogP contribution is -2.46. The summed E-state index contributed by atoms with van der Waals surface area (Å²) in [5.41, 5.74) is 0. The van der Waals surface area contributed by atoms with E-state index in [4.69, 9.17) is 4.74 Å². The average molecular weight is 266 g/mol. The van der Waals surface area contributed by atoms with Gasteiger partial charge in [0.25, 0.3) is 0 Å². The van der Waals surface area contributed by atoms with Crippen molar-refractivity contribution < 1.29 is 9.53 Å². The van der Waals surface area contributed by atoms with E-state index in [0.717, 1.165) is 45.5 Å². The molecule has 2 saturated heterocycles. The van der Waals surface area contributed by atoms with Crippen LogP contribution in [0.3, 0.4) is 0 Å². The van der Waals surface area contributed by atoms with E-state index in [0.29, 0.717) is 18.1 Å². The van der Waals surface area contributed by atoms with Crippen LogP contribution in [0.5, 0.6) is 0 Å². The number of nitrogens with one attached hydrogen (secondary N) is 1. The molecule has 0 radical (unpaired) electrons. The molecular formula is C15H26N2O2. The van der Waals surface area contributed by atoms with Crippen LogP contribution in [0.25, 0.3) is 0 Å². The summed E-state index contributed by atoms with van der Waals surface area (Å²) in [5.74, 6) is 0.592. The molecule has 19 heavy (non-hydrogen) atoms. The fourth-order valence-corrected chi connectivity index (χ4v) is 3.74. The van der Waals surface area contributed by atoms with Crippen LogP contribution < -0.4 is 5.32 Å². The third kappa shape index (κ3) is 3.11. The van der Waals surface area contributed by atoms with Gasteiger partial charge >= 0.3 is 0 Å². The quantitative estimate of drug-likeness (QED) is 0.839. The van der Waals surface area contributed by atoms with Gasteiger partial charge in [0.05, 0.1) is 12.0 Å². The van der Waals surface area contributed by atoms with Crippen molar-refractivity contribution in [2.75, 3.05) is 26.2 Å². The minimum absolute atomic E-state index is 0.210. The van der Waals surface area contributed by atoms with E-state index in [1.165, 1.54) is 25.7 Å². The maximum absolute atomic E-state index is 12.8. The van der Waals surface area contributed by atoms with Crippen molar-refractivity contribution in [3.63, 3.8) is 0 Å². The zero-order valence-electron chi connectivity index (χ0n) is 11.8. The number of hydrogen-bond acceptors (Lipinski definition) is 3. The number of carbonyl (C=O) groups is 1. The summed E-state index contributed by atoms with van der Waals surface area (Å²) in [6.07, 6.45) is 8.53. The Morgan fingerprint density at radius 2 is 2.00 bits per heavy atom. The number of rotatable bonds is 4. The van der Waals surface area contributed by atoms with Gasteiger partial charge in [0.2, 0.25) is 5.91 Å². The van der Waals surface area contributed by atoms with E-state index in [-0.39, 0.29) is 5.92 Å². The SMILES string of the molecule is O=C(C1CCNC1)N(CC1CCCO1)C1CCCC1. The minimum Gasteiger partial charge on any atom is -0.376 e. The molecule has 0 aromatic heterocycles. The molecular weight excluding hydrogens is 240 g/mol. The van der Waals surface area contributed by atoms with Gasteiger partial charge in [-0.2, -0.15) is 0 Å². The van der Waals surface area contributed by atoms with E-state index in [9.17, 15) is 4.79 Å². The molecule has 0 aromatic rings. The summed E-state index contributed by atoms with van der Waals surface area (Å²) in [5, 5.41) is 3.31. The van der Waals surface area contributed by atoms with Crippen LogP contribution in [0.1, 0.15) is 44.9 Å². The Kier molecular flexibility index (Phi) is 4.38. The number of nitrogens with zero attached hydrogens (tertiary/aromatic N) is 1. The molecule has 0 spiro atoms. The Bertz CT molecular complexity index is 303. The largest absolute Gasteiger partial charge is 0.376 e. The standard InChI is InChI=1S/C15H26N2O2/c18-15(12-7-8-16-10-12)17(13-4-1-2-5-13)11-14-6-3-9-19-14/h12-14,16H,1-11H2. The van der Waals surface area contributed by atoms with Gasteiger partial charge in [-0.3, -0.25) is 4.79 Å². The molecule has 2 heterocycles. The molecule has 2 atom stereocenters. The van der Waals surface area contributed by atoms with Gasteiger partial charge in [-0.15, -0.1) is 0 Å². The number of hydrogen-bond donors (Lipinski definition) is 1. The molecule has 1 aliphatic carbocycles. The second-order valence-electron chi connectivity index (χ2n) is 6.25. The summed E-state index contributed by atoms with van der Waals surface area (Å²) in [6, 6.07) is 0.484. The van der Waals surface area contributed by atoms with Crippen LogP contribution in [0.4, 0.5) is 0 Å². The first-order valence-electron chi connectivity index (χ1n) is 7.97. The zero-order valence-corrected chi connectivity index (χ0v) is 11.8. The first-order chi connectivity index (χ1) is 9.34. The second kappa shape index (κ2) is 6.23. The third-order valence-corrected chi connectivity index (χ3v) is 4.88. The molecule has 1 N–H and O–H groups in total. The molecule has 2 aliphatic heterocycles. The van der Waals surface area contributed by atoms with E-state index in [2.05, 4.69) is 10.2 Å². The van der Waals surface area contributed by atoms with Gasteiger partial charge in [0.1, 0.15) is 0 Å². The smallest absolute Gasteiger partial charge is 0.227 e. The van der Waals surface area contributed by atoms with Crippen LogP contribution in [-0.4, -0.2) is 49.2 Å². The Labute approximate surface area is 115 Å². The summed E-state index contributed by atoms with van der Waals surface area (Å²) >= 11 is 0. The Balaban J connectivity index is 1.65. The monoisotopic (exact) mass is 266 g/mol. The first-order valence-corrected chi connectivity index (χ1v) is 7.97. The van der Waals surface area contributed by atoms with Crippen molar-refractivity contribution in [2.24, 2.45) is 5.92 Å². The zero-order chi connectivity index (χ0) is 13.1. The van der Waals surface area contributed by atoms with Crippen molar-refractivity contribution in [3.05, 3.63) is 0 Å². The lowest BCUT2D eigenvalue weighted by atomic mass is 10.0. The van der Waals surface area contributed by atoms with Crippen molar-refractivity contribution in [2.45, 2.75) is 57.1 Å². The predicted octanol–water partition coefficient (Wildman–Crippen LogP) is 1.55. The highest BCUT2D eigenvalue weighted by atomic mass is 16.5. The van der Waals surface area contributed by atoms with Gasteiger partial charge in [0, 0.05) is 25.7 Å². The van der Waals surface area contributed by atoms with Crippen LogP contribution in [0, 0.1) is 5.92 Å². The van der Waals surface area contributed by atoms with Crippen LogP contribution in [0.2, 0.25) is 0 Å². The second-order valence-corrected chi connectivity index (χ2v) is 6.25. The topological polar surface area (TPSA) is 41.6 Å². The van der Waals surface area contributed by atoms with E-state index >= 15 is 0 Å². The van der Waals surface area contributed by atoms with E-state index in [1.54, 1.807) is 0 Å². The summed E-state index contributed by atoms with van der Waals surface area (Å²) in [4.78, 5) is 14.9. The minimum atomic E-state index is 0.210. The van der Waals surface area contributed by atoms with Gasteiger partial charge in [-0.05, 0) is 38.6 Å². The normalized spacial score (nSPS) is 32.0. The number of ether oxygens (including phenoxy) is 1. The molecule has 3 aliphatic rings. The molecule has 0 bridgehead atoms. The van der Waals surface area contributed by atoms with Crippen molar-refractivity contribution >= 4 is 5.91 Å². The van der Waals surface area contributed by atoms with Crippen molar-refractivity contribution in [3.8, 4) is 0 Å². The van der Waals surface area contributed by atoms with Gasteiger partial charge in [0.15, 0.2) is 0 Å². The molecule has 1 saturated carbocycles. The van der Waals surface area contributed by atoms with Crippen molar-refractivity contribution in [1.82, 2.24) is 10.2 Å². The maximum Gasteiger partial charge on any atom is 0.227 e.